The summed E-state index contributed by atoms with van der Waals surface area (Å²) in [6, 6.07) is 9.38. The topological polar surface area (TPSA) is 147 Å². The molecule has 7 rings (SSSR count). The summed E-state index contributed by atoms with van der Waals surface area (Å²) in [5, 5.41) is 7.01. The molecular formula is C35H39ClFN5O6S2. The van der Waals surface area contributed by atoms with Crippen LogP contribution in [0.15, 0.2) is 54.6 Å². The summed E-state index contributed by atoms with van der Waals surface area (Å²) in [6.07, 6.45) is 7.98. The maximum atomic E-state index is 14.4. The van der Waals surface area contributed by atoms with Crippen molar-refractivity contribution in [3.63, 3.8) is 0 Å². The number of allylic oxidation sites excluding steroid dienone is 1. The van der Waals surface area contributed by atoms with Gasteiger partial charge in [0.25, 0.3) is 11.1 Å². The fraction of sp³-hybridized carbons (Fsp3) is 0.486. The molecule has 3 heterocycles. The van der Waals surface area contributed by atoms with Crippen LogP contribution in [0.25, 0.3) is 10.2 Å². The molecule has 1 aromatic heterocycles. The standard InChI is InChI=1S/C35H39ClFN5O6S2/c1-34(14-15-34)50(46,47)41-32(45)35-19-21(35)8-5-3-2-4-6-11-27(38-24-10-7-9-23(37)17-24)31(44)42-20-25(18-28(42)30(43)40-35)48-33-39-26-13-12-22(36)16-29(26)49-33/h5,7-10,12-13,16-17,21,25,27-28,38H,2-4,6,11,14-15,18-20H2,1H3,(H,40,43)(H,41,45)/b8-5-/t21-,25+,27-,28-,35+/m0/s1. The van der Waals surface area contributed by atoms with E-state index >= 15 is 0 Å². The molecule has 2 aliphatic carbocycles. The highest BCUT2D eigenvalue weighted by Gasteiger charge is 2.63. The largest absolute Gasteiger partial charge is 0.465 e. The SMILES string of the molecule is CC1(S(=O)(=O)NC(=O)[C@@]23C[C@@H]2/C=C\CCCCC[C@H](Nc2cccc(F)c2)C(=O)N2C[C@H](Oc4nc5ccc(Cl)cc5s4)C[C@H]2C(=O)N3)CC1. The van der Waals surface area contributed by atoms with E-state index in [1.54, 1.807) is 37.3 Å². The van der Waals surface area contributed by atoms with E-state index in [2.05, 4.69) is 20.3 Å². The Hall–Kier alpha value is -3.75. The molecule has 5 atom stereocenters. The van der Waals surface area contributed by atoms with Gasteiger partial charge in [-0.05, 0) is 81.8 Å². The number of thiazole rings is 1. The van der Waals surface area contributed by atoms with Crippen LogP contribution in [0.1, 0.15) is 64.7 Å². The lowest BCUT2D eigenvalue weighted by Gasteiger charge is -2.30. The van der Waals surface area contributed by atoms with Gasteiger partial charge >= 0.3 is 0 Å². The Balaban J connectivity index is 1.19. The smallest absolute Gasteiger partial charge is 0.274 e. The minimum Gasteiger partial charge on any atom is -0.465 e. The maximum Gasteiger partial charge on any atom is 0.274 e. The molecule has 0 bridgehead atoms. The molecule has 3 aromatic rings. The Labute approximate surface area is 299 Å². The maximum absolute atomic E-state index is 14.4. The van der Waals surface area contributed by atoms with Crippen LogP contribution in [0.5, 0.6) is 5.19 Å². The van der Waals surface area contributed by atoms with Gasteiger partial charge in [-0.1, -0.05) is 54.0 Å². The third kappa shape index (κ3) is 7.06. The number of anilines is 1. The first kappa shape index (κ1) is 34.7. The minimum absolute atomic E-state index is 0.0597. The summed E-state index contributed by atoms with van der Waals surface area (Å²) in [5.41, 5.74) is -0.343. The second-order valence-electron chi connectivity index (χ2n) is 14.0. The first-order valence-corrected chi connectivity index (χ1v) is 19.6. The number of amides is 3. The average Bonchev–Trinajstić information content (AvgIpc) is 3.88. The molecule has 1 saturated heterocycles. The Bertz CT molecular complexity index is 1970. The number of rotatable bonds is 7. The van der Waals surface area contributed by atoms with Gasteiger partial charge in [-0.2, -0.15) is 0 Å². The summed E-state index contributed by atoms with van der Waals surface area (Å²) in [5.74, 6) is -2.58. The van der Waals surface area contributed by atoms with Gasteiger partial charge in [0, 0.05) is 23.0 Å². The van der Waals surface area contributed by atoms with E-state index in [0.717, 1.165) is 24.0 Å². The predicted molar refractivity (Wildman–Crippen MR) is 189 cm³/mol. The first-order chi connectivity index (χ1) is 23.9. The van der Waals surface area contributed by atoms with Crippen LogP contribution in [0.3, 0.4) is 0 Å². The van der Waals surface area contributed by atoms with Gasteiger partial charge in [0.1, 0.15) is 29.5 Å². The molecule has 2 saturated carbocycles. The highest BCUT2D eigenvalue weighted by molar-refractivity contribution is 7.91. The molecule has 3 N–H and O–H groups in total. The molecule has 3 amide bonds. The molecule has 50 heavy (non-hydrogen) atoms. The second-order valence-corrected chi connectivity index (χ2v) is 17.6. The molecule has 0 unspecified atom stereocenters. The molecule has 11 nitrogen and oxygen atoms in total. The van der Waals surface area contributed by atoms with E-state index < -0.39 is 62.0 Å². The van der Waals surface area contributed by atoms with Gasteiger partial charge in [0.2, 0.25) is 21.8 Å². The van der Waals surface area contributed by atoms with E-state index in [9.17, 15) is 27.2 Å². The Morgan fingerprint density at radius 1 is 1.16 bits per heavy atom. The zero-order valence-electron chi connectivity index (χ0n) is 27.5. The number of nitrogens with zero attached hydrogens (tertiary/aromatic N) is 2. The lowest BCUT2D eigenvalue weighted by molar-refractivity contribution is -0.140. The number of carbonyl (C=O) groups is 3. The monoisotopic (exact) mass is 743 g/mol. The van der Waals surface area contributed by atoms with Crippen molar-refractivity contribution in [2.45, 2.75) is 93.2 Å². The zero-order valence-corrected chi connectivity index (χ0v) is 29.9. The number of carbonyl (C=O) groups excluding carboxylic acids is 3. The first-order valence-electron chi connectivity index (χ1n) is 17.0. The molecule has 15 heteroatoms. The Morgan fingerprint density at radius 2 is 1.98 bits per heavy atom. The predicted octanol–water partition coefficient (Wildman–Crippen LogP) is 5.31. The number of benzene rings is 2. The van der Waals surface area contributed by atoms with Gasteiger partial charge in [-0.15, -0.1) is 0 Å². The van der Waals surface area contributed by atoms with Gasteiger partial charge in [-0.3, -0.25) is 19.1 Å². The van der Waals surface area contributed by atoms with Gasteiger partial charge in [-0.25, -0.2) is 17.8 Å². The fourth-order valence-electron chi connectivity index (χ4n) is 6.80. The highest BCUT2D eigenvalue weighted by atomic mass is 35.5. The molecule has 2 aromatic carbocycles. The van der Waals surface area contributed by atoms with Crippen LogP contribution in [0.2, 0.25) is 5.02 Å². The summed E-state index contributed by atoms with van der Waals surface area (Å²) in [4.78, 5) is 48.5. The van der Waals surface area contributed by atoms with E-state index in [1.165, 1.54) is 28.4 Å². The minimum atomic E-state index is -3.96. The average molecular weight is 744 g/mol. The van der Waals surface area contributed by atoms with Crippen LogP contribution in [-0.2, 0) is 24.4 Å². The van der Waals surface area contributed by atoms with Crippen LogP contribution in [0, 0.1) is 11.7 Å². The number of ether oxygens (including phenoxy) is 1. The number of sulfonamides is 1. The summed E-state index contributed by atoms with van der Waals surface area (Å²) >= 11 is 7.47. The number of fused-ring (bicyclic) bond motifs is 3. The summed E-state index contributed by atoms with van der Waals surface area (Å²) in [7, 11) is -3.96. The van der Waals surface area contributed by atoms with Crippen LogP contribution in [-0.4, -0.2) is 71.0 Å². The number of nitrogens with one attached hydrogen (secondary N) is 3. The molecule has 0 spiro atoms. The summed E-state index contributed by atoms with van der Waals surface area (Å²) in [6.45, 7) is 1.65. The van der Waals surface area contributed by atoms with E-state index in [-0.39, 0.29) is 25.3 Å². The Morgan fingerprint density at radius 3 is 2.76 bits per heavy atom. The molecule has 4 aliphatic rings. The highest BCUT2D eigenvalue weighted by Crippen LogP contribution is 2.47. The van der Waals surface area contributed by atoms with E-state index in [4.69, 9.17) is 16.3 Å². The van der Waals surface area contributed by atoms with Crippen molar-refractivity contribution in [1.82, 2.24) is 19.9 Å². The zero-order chi connectivity index (χ0) is 35.3. The van der Waals surface area contributed by atoms with E-state index in [0.29, 0.717) is 47.1 Å². The second kappa shape index (κ2) is 13.4. The van der Waals surface area contributed by atoms with Gasteiger partial charge in [0.15, 0.2) is 0 Å². The third-order valence-corrected chi connectivity index (χ3v) is 13.5. The molecule has 2 aliphatic heterocycles. The number of halogens is 2. The van der Waals surface area contributed by atoms with Crippen molar-refractivity contribution < 1.29 is 31.9 Å². The van der Waals surface area contributed by atoms with Crippen molar-refractivity contribution in [3.05, 3.63) is 65.5 Å². The van der Waals surface area contributed by atoms with Crippen molar-refractivity contribution in [2.24, 2.45) is 5.92 Å². The quantitative estimate of drug-likeness (QED) is 0.276. The fourth-order valence-corrected chi connectivity index (χ4v) is 9.27. The van der Waals surface area contributed by atoms with Gasteiger partial charge in [0.05, 0.1) is 21.5 Å². The van der Waals surface area contributed by atoms with Crippen LogP contribution >= 0.6 is 22.9 Å². The normalized spacial score (nSPS) is 28.7. The molecule has 266 valence electrons. The molecule has 3 fully saturated rings. The van der Waals surface area contributed by atoms with E-state index in [1.807, 2.05) is 12.2 Å². The lowest BCUT2D eigenvalue weighted by atomic mass is 10.0. The Kier molecular flexibility index (Phi) is 9.31. The lowest BCUT2D eigenvalue weighted by Crippen LogP contribution is -2.58. The van der Waals surface area contributed by atoms with Crippen LogP contribution in [0.4, 0.5) is 10.1 Å². The number of hydrogen-bond acceptors (Lipinski definition) is 9. The summed E-state index contributed by atoms with van der Waals surface area (Å²) < 4.78 is 48.6. The number of hydrogen-bond donors (Lipinski definition) is 3. The van der Waals surface area contributed by atoms with Crippen molar-refractivity contribution >= 4 is 66.6 Å². The van der Waals surface area contributed by atoms with Crippen LogP contribution < -0.4 is 20.1 Å². The number of aromatic nitrogens is 1. The molecular weight excluding hydrogens is 705 g/mol. The van der Waals surface area contributed by atoms with Crippen molar-refractivity contribution in [1.29, 1.82) is 0 Å². The van der Waals surface area contributed by atoms with Crippen molar-refractivity contribution in [2.75, 3.05) is 11.9 Å². The third-order valence-electron chi connectivity index (χ3n) is 10.2. The van der Waals surface area contributed by atoms with Gasteiger partial charge < -0.3 is 20.3 Å². The van der Waals surface area contributed by atoms with Crippen molar-refractivity contribution in [3.8, 4) is 5.19 Å². The molecule has 0 radical (unpaired) electrons.